The van der Waals surface area contributed by atoms with Gasteiger partial charge in [-0.15, -0.1) is 0 Å². The Bertz CT molecular complexity index is 679. The Labute approximate surface area is 166 Å². The first-order valence-electron chi connectivity index (χ1n) is 9.94. The zero-order chi connectivity index (χ0) is 19.6. The van der Waals surface area contributed by atoms with Crippen LogP contribution in [0.2, 0.25) is 0 Å². The first-order valence-corrected chi connectivity index (χ1v) is 12.2. The van der Waals surface area contributed by atoms with Crippen LogP contribution in [0.1, 0.15) is 37.8 Å². The third kappa shape index (κ3) is 8.11. The Hall–Kier alpha value is -1.25. The van der Waals surface area contributed by atoms with Crippen LogP contribution >= 0.6 is 8.07 Å². The maximum atomic E-state index is 10.7. The van der Waals surface area contributed by atoms with Gasteiger partial charge in [-0.3, -0.25) is 0 Å². The number of hydrazine groups is 1. The van der Waals surface area contributed by atoms with Crippen LogP contribution in [0, 0.1) is 0 Å². The van der Waals surface area contributed by atoms with Crippen LogP contribution in [0.15, 0.2) is 59.7 Å². The summed E-state index contributed by atoms with van der Waals surface area (Å²) in [6.45, 7) is 10.2. The van der Waals surface area contributed by atoms with Crippen molar-refractivity contribution < 1.29 is 5.11 Å². The lowest BCUT2D eigenvalue weighted by Crippen LogP contribution is -2.41. The summed E-state index contributed by atoms with van der Waals surface area (Å²) in [5, 5.41) is 16.4. The smallest absolute Gasteiger partial charge is 0.0684 e. The van der Waals surface area contributed by atoms with Gasteiger partial charge in [0.25, 0.3) is 0 Å². The highest BCUT2D eigenvalue weighted by atomic mass is 31.1. The monoisotopic (exact) mass is 386 g/mol. The number of nitrogens with one attached hydrogen (secondary N) is 1. The van der Waals surface area contributed by atoms with Crippen molar-refractivity contribution in [1.29, 1.82) is 0 Å². The number of hydrogen-bond acceptors (Lipinski definition) is 3. The van der Waals surface area contributed by atoms with Crippen LogP contribution in [0.4, 0.5) is 0 Å². The fourth-order valence-electron chi connectivity index (χ4n) is 3.33. The lowest BCUT2D eigenvalue weighted by Gasteiger charge is -2.28. The van der Waals surface area contributed by atoms with E-state index in [0.717, 1.165) is 32.2 Å². The molecule has 0 amide bonds. The summed E-state index contributed by atoms with van der Waals surface area (Å²) in [6.07, 6.45) is 12.3. The van der Waals surface area contributed by atoms with Crippen molar-refractivity contribution in [2.75, 3.05) is 26.4 Å². The molecule has 0 radical (unpaired) electrons. The number of aliphatic hydroxyl groups is 1. The van der Waals surface area contributed by atoms with Crippen molar-refractivity contribution in [3.63, 3.8) is 0 Å². The molecule has 0 heterocycles. The summed E-state index contributed by atoms with van der Waals surface area (Å²) >= 11 is 0. The molecule has 0 spiro atoms. The zero-order valence-electron chi connectivity index (χ0n) is 17.3. The van der Waals surface area contributed by atoms with Gasteiger partial charge in [-0.2, -0.15) is 0 Å². The molecule has 4 heteroatoms. The number of aryl methyl sites for hydroxylation is 2. The first-order chi connectivity index (χ1) is 13.0. The Morgan fingerprint density at radius 3 is 2.63 bits per heavy atom. The Kier molecular flexibility index (Phi) is 9.44. The minimum Gasteiger partial charge on any atom is -0.392 e. The van der Waals surface area contributed by atoms with Crippen molar-refractivity contribution in [2.24, 2.45) is 0 Å². The van der Waals surface area contributed by atoms with Gasteiger partial charge in [0.2, 0.25) is 0 Å². The van der Waals surface area contributed by atoms with E-state index in [1.165, 1.54) is 22.3 Å². The summed E-state index contributed by atoms with van der Waals surface area (Å²) in [7, 11) is -0.276. The van der Waals surface area contributed by atoms with Crippen LogP contribution in [0.5, 0.6) is 0 Å². The Morgan fingerprint density at radius 2 is 1.93 bits per heavy atom. The van der Waals surface area contributed by atoms with Crippen molar-refractivity contribution >= 4 is 8.07 Å². The fourth-order valence-corrected chi connectivity index (χ4v) is 4.05. The third-order valence-electron chi connectivity index (χ3n) is 4.75. The van der Waals surface area contributed by atoms with Gasteiger partial charge in [0.15, 0.2) is 0 Å². The standard InChI is InChI=1S/C23H35N2OP/c1-5-21-11-6-7-12-22(21)15-16-23(26)18-25(24-27(3)4)17-20-10-8-9-19(2)13-14-20/h6-8,10-14,23-24,26H,5,9,15-18H2,1-4H3. The molecule has 1 unspecified atom stereocenters. The Balaban J connectivity index is 1.94. The highest BCUT2D eigenvalue weighted by Crippen LogP contribution is 2.21. The lowest BCUT2D eigenvalue weighted by molar-refractivity contribution is 0.101. The second kappa shape index (κ2) is 11.6. The zero-order valence-corrected chi connectivity index (χ0v) is 18.2. The predicted octanol–water partition coefficient (Wildman–Crippen LogP) is 4.84. The average molecular weight is 387 g/mol. The van der Waals surface area contributed by atoms with Crippen molar-refractivity contribution in [1.82, 2.24) is 10.2 Å². The fraction of sp³-hybridized carbons (Fsp3) is 0.478. The van der Waals surface area contributed by atoms with Gasteiger partial charge < -0.3 is 5.11 Å². The van der Waals surface area contributed by atoms with Gasteiger partial charge in [0.05, 0.1) is 6.10 Å². The molecule has 0 bridgehead atoms. The lowest BCUT2D eigenvalue weighted by atomic mass is 9.99. The van der Waals surface area contributed by atoms with E-state index < -0.39 is 0 Å². The number of nitrogens with zero attached hydrogens (tertiary/aromatic N) is 1. The minimum absolute atomic E-state index is 0.276. The number of aliphatic hydroxyl groups excluding tert-OH is 1. The molecule has 27 heavy (non-hydrogen) atoms. The quantitative estimate of drug-likeness (QED) is 0.446. The Morgan fingerprint density at radius 1 is 1.19 bits per heavy atom. The van der Waals surface area contributed by atoms with Crippen molar-refractivity contribution in [3.8, 4) is 0 Å². The van der Waals surface area contributed by atoms with Crippen LogP contribution in [-0.2, 0) is 12.8 Å². The third-order valence-corrected chi connectivity index (χ3v) is 5.43. The molecule has 2 N–H and O–H groups in total. The molecular weight excluding hydrogens is 351 g/mol. The van der Waals surface area contributed by atoms with Gasteiger partial charge in [-0.1, -0.05) is 61.1 Å². The van der Waals surface area contributed by atoms with Crippen LogP contribution in [0.25, 0.3) is 0 Å². The molecule has 0 fully saturated rings. The molecule has 148 valence electrons. The van der Waals surface area contributed by atoms with E-state index in [2.05, 4.69) is 86.0 Å². The summed E-state index contributed by atoms with van der Waals surface area (Å²) in [4.78, 5) is 0. The molecule has 1 atom stereocenters. The van der Waals surface area contributed by atoms with Gasteiger partial charge in [0.1, 0.15) is 0 Å². The maximum Gasteiger partial charge on any atom is 0.0684 e. The maximum absolute atomic E-state index is 10.7. The van der Waals surface area contributed by atoms with Gasteiger partial charge in [-0.25, -0.2) is 10.2 Å². The normalized spacial score (nSPS) is 15.7. The molecule has 1 aromatic carbocycles. The number of allylic oxidation sites excluding steroid dienone is 4. The molecular formula is C23H35N2OP. The molecule has 0 saturated carbocycles. The highest BCUT2D eigenvalue weighted by Gasteiger charge is 2.14. The molecule has 1 aliphatic carbocycles. The van der Waals surface area contributed by atoms with Gasteiger partial charge in [0, 0.05) is 13.1 Å². The first kappa shape index (κ1) is 22.0. The van der Waals surface area contributed by atoms with E-state index in [-0.39, 0.29) is 14.2 Å². The van der Waals surface area contributed by atoms with Crippen molar-refractivity contribution in [2.45, 2.75) is 45.6 Å². The van der Waals surface area contributed by atoms with Gasteiger partial charge in [-0.05, 0) is 70.7 Å². The SMILES string of the molecule is CCc1ccccc1CCC(O)CN(CC1=CC=C(C)CC=C1)NP(C)C. The number of hydrogen-bond donors (Lipinski definition) is 2. The summed E-state index contributed by atoms with van der Waals surface area (Å²) in [5.41, 5.74) is 5.41. The van der Waals surface area contributed by atoms with Crippen LogP contribution < -0.4 is 5.20 Å². The second-order valence-corrected chi connectivity index (χ2v) is 9.54. The molecule has 2 rings (SSSR count). The van der Waals surface area contributed by atoms with E-state index in [1.54, 1.807) is 0 Å². The number of rotatable bonds is 10. The highest BCUT2D eigenvalue weighted by molar-refractivity contribution is 7.53. The van der Waals surface area contributed by atoms with Crippen LogP contribution in [0.3, 0.4) is 0 Å². The molecule has 0 saturated heterocycles. The molecule has 0 aliphatic heterocycles. The van der Waals surface area contributed by atoms with E-state index in [1.807, 2.05) is 0 Å². The molecule has 3 nitrogen and oxygen atoms in total. The second-order valence-electron chi connectivity index (χ2n) is 7.55. The topological polar surface area (TPSA) is 35.5 Å². The summed E-state index contributed by atoms with van der Waals surface area (Å²) < 4.78 is 0. The summed E-state index contributed by atoms with van der Waals surface area (Å²) in [5.74, 6) is 0. The predicted molar refractivity (Wildman–Crippen MR) is 119 cm³/mol. The van der Waals surface area contributed by atoms with Crippen LogP contribution in [-0.4, -0.2) is 42.6 Å². The minimum atomic E-state index is -0.343. The molecule has 0 aromatic heterocycles. The molecule has 1 aromatic rings. The van der Waals surface area contributed by atoms with E-state index in [9.17, 15) is 5.11 Å². The van der Waals surface area contributed by atoms with E-state index >= 15 is 0 Å². The van der Waals surface area contributed by atoms with Gasteiger partial charge >= 0.3 is 0 Å². The van der Waals surface area contributed by atoms with E-state index in [4.69, 9.17) is 0 Å². The summed E-state index contributed by atoms with van der Waals surface area (Å²) in [6, 6.07) is 8.57. The van der Waals surface area contributed by atoms with Crippen molar-refractivity contribution in [3.05, 3.63) is 70.8 Å². The van der Waals surface area contributed by atoms with E-state index in [0.29, 0.717) is 6.54 Å². The average Bonchev–Trinajstić information content (AvgIpc) is 2.84. The molecule has 1 aliphatic rings. The largest absolute Gasteiger partial charge is 0.392 e. The number of benzene rings is 1.